The lowest BCUT2D eigenvalue weighted by Crippen LogP contribution is -2.15. The average molecular weight is 459 g/mol. The fourth-order valence-electron chi connectivity index (χ4n) is 3.67. The molecule has 0 radical (unpaired) electrons. The van der Waals surface area contributed by atoms with Crippen LogP contribution in [0.3, 0.4) is 0 Å². The Hall–Kier alpha value is -3.74. The van der Waals surface area contributed by atoms with Crippen molar-refractivity contribution in [3.63, 3.8) is 0 Å². The van der Waals surface area contributed by atoms with E-state index in [1.54, 1.807) is 12.1 Å². The molecule has 0 heterocycles. The number of carbonyl (C=O) groups excluding carboxylic acids is 2. The Bertz CT molecular complexity index is 1160. The van der Waals surface area contributed by atoms with Crippen LogP contribution in [-0.4, -0.2) is 51.6 Å². The normalized spacial score (nSPS) is 10.9. The van der Waals surface area contributed by atoms with Crippen molar-refractivity contribution in [3.05, 3.63) is 96.1 Å². The Kier molecular flexibility index (Phi) is 8.22. The van der Waals surface area contributed by atoms with E-state index in [0.717, 1.165) is 21.5 Å². The maximum atomic E-state index is 12.4. The molecule has 0 N–H and O–H groups in total. The molecule has 0 aromatic heterocycles. The van der Waals surface area contributed by atoms with Gasteiger partial charge in [0.05, 0.1) is 37.6 Å². The summed E-state index contributed by atoms with van der Waals surface area (Å²) in [6.45, 7) is 1.56. The number of esters is 2. The standard InChI is InChI=1S/C28H26O6/c29-27(25-13-5-9-21-7-1-3-11-23(21)25)33-19-17-31-15-16-32-18-20-34-28(30)26-14-6-10-22-8-2-4-12-24(22)26/h1-14H,15-20H2. The van der Waals surface area contributed by atoms with Crippen LogP contribution in [0.2, 0.25) is 0 Å². The Balaban J connectivity index is 1.08. The molecule has 4 rings (SSSR count). The highest BCUT2D eigenvalue weighted by molar-refractivity contribution is 6.05. The first kappa shape index (κ1) is 23.4. The van der Waals surface area contributed by atoms with Gasteiger partial charge in [-0.05, 0) is 33.7 Å². The van der Waals surface area contributed by atoms with Crippen LogP contribution in [0.25, 0.3) is 21.5 Å². The van der Waals surface area contributed by atoms with Gasteiger partial charge < -0.3 is 18.9 Å². The number of benzene rings is 4. The first-order valence-corrected chi connectivity index (χ1v) is 11.2. The van der Waals surface area contributed by atoms with E-state index in [0.29, 0.717) is 24.3 Å². The Morgan fingerprint density at radius 2 is 0.853 bits per heavy atom. The van der Waals surface area contributed by atoms with E-state index < -0.39 is 0 Å². The summed E-state index contributed by atoms with van der Waals surface area (Å²) in [6.07, 6.45) is 0. The molecule has 4 aromatic carbocycles. The van der Waals surface area contributed by atoms with E-state index in [2.05, 4.69) is 0 Å². The molecule has 0 amide bonds. The molecule has 0 aliphatic rings. The van der Waals surface area contributed by atoms with E-state index in [1.165, 1.54) is 0 Å². The minimum Gasteiger partial charge on any atom is -0.460 e. The molecule has 6 nitrogen and oxygen atoms in total. The summed E-state index contributed by atoms with van der Waals surface area (Å²) in [5.41, 5.74) is 1.08. The van der Waals surface area contributed by atoms with Crippen LogP contribution >= 0.6 is 0 Å². The lowest BCUT2D eigenvalue weighted by molar-refractivity contribution is 0.00240. The van der Waals surface area contributed by atoms with Crippen LogP contribution in [0, 0.1) is 0 Å². The van der Waals surface area contributed by atoms with Gasteiger partial charge in [-0.3, -0.25) is 0 Å². The number of carbonyl (C=O) groups is 2. The summed E-state index contributed by atoms with van der Waals surface area (Å²) in [4.78, 5) is 24.7. The Morgan fingerprint density at radius 3 is 1.32 bits per heavy atom. The predicted molar refractivity (Wildman–Crippen MR) is 130 cm³/mol. The average Bonchev–Trinajstić information content (AvgIpc) is 2.88. The topological polar surface area (TPSA) is 71.1 Å². The Morgan fingerprint density at radius 1 is 0.471 bits per heavy atom. The van der Waals surface area contributed by atoms with Gasteiger partial charge in [-0.1, -0.05) is 72.8 Å². The van der Waals surface area contributed by atoms with Gasteiger partial charge in [0.2, 0.25) is 0 Å². The van der Waals surface area contributed by atoms with Crippen molar-refractivity contribution in [1.29, 1.82) is 0 Å². The largest absolute Gasteiger partial charge is 0.460 e. The third kappa shape index (κ3) is 5.98. The summed E-state index contributed by atoms with van der Waals surface area (Å²) in [6, 6.07) is 26.5. The van der Waals surface area contributed by atoms with Crippen molar-refractivity contribution < 1.29 is 28.5 Å². The summed E-state index contributed by atoms with van der Waals surface area (Å²) < 4.78 is 21.5. The lowest BCUT2D eigenvalue weighted by atomic mass is 10.1. The number of rotatable bonds is 11. The van der Waals surface area contributed by atoms with E-state index >= 15 is 0 Å². The van der Waals surface area contributed by atoms with Crippen LogP contribution in [-0.2, 0) is 18.9 Å². The molecule has 0 unspecified atom stereocenters. The lowest BCUT2D eigenvalue weighted by Gasteiger charge is -2.09. The van der Waals surface area contributed by atoms with E-state index in [-0.39, 0.29) is 38.4 Å². The molecule has 0 saturated heterocycles. The quantitative estimate of drug-likeness (QED) is 0.232. The zero-order valence-electron chi connectivity index (χ0n) is 18.8. The third-order valence-corrected chi connectivity index (χ3v) is 5.31. The number of fused-ring (bicyclic) bond motifs is 2. The third-order valence-electron chi connectivity index (χ3n) is 5.31. The van der Waals surface area contributed by atoms with Gasteiger partial charge >= 0.3 is 11.9 Å². The monoisotopic (exact) mass is 458 g/mol. The zero-order valence-corrected chi connectivity index (χ0v) is 18.8. The van der Waals surface area contributed by atoms with E-state index in [9.17, 15) is 9.59 Å². The van der Waals surface area contributed by atoms with Gasteiger partial charge in [0, 0.05) is 0 Å². The van der Waals surface area contributed by atoms with Gasteiger partial charge in [-0.2, -0.15) is 0 Å². The van der Waals surface area contributed by atoms with Gasteiger partial charge in [-0.15, -0.1) is 0 Å². The highest BCUT2D eigenvalue weighted by Gasteiger charge is 2.12. The van der Waals surface area contributed by atoms with Crippen molar-refractivity contribution in [3.8, 4) is 0 Å². The maximum Gasteiger partial charge on any atom is 0.338 e. The molecular weight excluding hydrogens is 432 g/mol. The summed E-state index contributed by atoms with van der Waals surface area (Å²) >= 11 is 0. The van der Waals surface area contributed by atoms with E-state index in [4.69, 9.17) is 18.9 Å². The van der Waals surface area contributed by atoms with Crippen LogP contribution in [0.4, 0.5) is 0 Å². The molecule has 0 aliphatic carbocycles. The first-order chi connectivity index (χ1) is 16.7. The molecule has 0 bridgehead atoms. The van der Waals surface area contributed by atoms with Crippen LogP contribution in [0.15, 0.2) is 84.9 Å². The highest BCUT2D eigenvalue weighted by atomic mass is 16.6. The fraction of sp³-hybridized carbons (Fsp3) is 0.214. The highest BCUT2D eigenvalue weighted by Crippen LogP contribution is 2.20. The second-order valence-electron chi connectivity index (χ2n) is 7.55. The molecule has 6 heteroatoms. The van der Waals surface area contributed by atoms with Crippen LogP contribution in [0.5, 0.6) is 0 Å². The Labute approximate surface area is 198 Å². The first-order valence-electron chi connectivity index (χ1n) is 11.2. The maximum absolute atomic E-state index is 12.4. The zero-order chi connectivity index (χ0) is 23.6. The summed E-state index contributed by atoms with van der Waals surface area (Å²) in [7, 11) is 0. The van der Waals surface area contributed by atoms with Gasteiger partial charge in [0.25, 0.3) is 0 Å². The molecule has 34 heavy (non-hydrogen) atoms. The molecule has 4 aromatic rings. The second kappa shape index (κ2) is 11.9. The van der Waals surface area contributed by atoms with Crippen LogP contribution < -0.4 is 0 Å². The minimum absolute atomic E-state index is 0.157. The predicted octanol–water partition coefficient (Wildman–Crippen LogP) is 5.04. The van der Waals surface area contributed by atoms with E-state index in [1.807, 2.05) is 72.8 Å². The molecule has 0 aliphatic heterocycles. The molecule has 0 fully saturated rings. The molecular formula is C28H26O6. The molecule has 174 valence electrons. The van der Waals surface area contributed by atoms with Crippen molar-refractivity contribution >= 4 is 33.5 Å². The van der Waals surface area contributed by atoms with Gasteiger partial charge in [-0.25, -0.2) is 9.59 Å². The van der Waals surface area contributed by atoms with Gasteiger partial charge in [0.15, 0.2) is 0 Å². The number of hydrogen-bond donors (Lipinski definition) is 0. The molecule has 0 atom stereocenters. The fourth-order valence-corrected chi connectivity index (χ4v) is 3.67. The second-order valence-corrected chi connectivity index (χ2v) is 7.55. The molecule has 0 saturated carbocycles. The van der Waals surface area contributed by atoms with Crippen molar-refractivity contribution in [1.82, 2.24) is 0 Å². The van der Waals surface area contributed by atoms with Crippen LogP contribution in [0.1, 0.15) is 20.7 Å². The smallest absolute Gasteiger partial charge is 0.338 e. The van der Waals surface area contributed by atoms with Crippen molar-refractivity contribution in [2.45, 2.75) is 0 Å². The minimum atomic E-state index is -0.371. The SMILES string of the molecule is O=C(OCCOCCOCCOC(=O)c1cccc2ccccc12)c1cccc2ccccc12. The summed E-state index contributed by atoms with van der Waals surface area (Å²) in [5, 5.41) is 3.72. The van der Waals surface area contributed by atoms with Gasteiger partial charge in [0.1, 0.15) is 13.2 Å². The summed E-state index contributed by atoms with van der Waals surface area (Å²) in [5.74, 6) is -0.741. The van der Waals surface area contributed by atoms with Crippen molar-refractivity contribution in [2.75, 3.05) is 39.6 Å². The van der Waals surface area contributed by atoms with Crippen molar-refractivity contribution in [2.24, 2.45) is 0 Å². The number of hydrogen-bond acceptors (Lipinski definition) is 6. The number of ether oxygens (including phenoxy) is 4. The molecule has 0 spiro atoms.